The minimum atomic E-state index is 0. The molecule has 1 amide bonds. The van der Waals surface area contributed by atoms with Crippen molar-refractivity contribution in [1.82, 2.24) is 9.97 Å². The Hall–Kier alpha value is -2.09. The Morgan fingerprint density at radius 1 is 1.30 bits per heavy atom. The van der Waals surface area contributed by atoms with E-state index in [9.17, 15) is 4.79 Å². The summed E-state index contributed by atoms with van der Waals surface area (Å²) < 4.78 is 0.919. The SMILES string of the molecule is Cl.NC1CCCN(c2c(Br)cnc3[nH]cc(NC(=O)C4CC4c4ccccc4)c23)C1. The Bertz CT molecular complexity index is 1060. The first-order valence-corrected chi connectivity index (χ1v) is 10.9. The maximum atomic E-state index is 12.9. The molecule has 4 N–H and O–H groups in total. The van der Waals surface area contributed by atoms with Crippen molar-refractivity contribution in [2.45, 2.75) is 31.2 Å². The topological polar surface area (TPSA) is 87.0 Å². The fraction of sp³-hybridized carbons (Fsp3) is 0.364. The van der Waals surface area contributed by atoms with Gasteiger partial charge in [-0.2, -0.15) is 0 Å². The molecule has 3 heterocycles. The molecule has 1 aliphatic carbocycles. The highest BCUT2D eigenvalue weighted by Crippen LogP contribution is 2.48. The Kier molecular flexibility index (Phi) is 6.04. The van der Waals surface area contributed by atoms with Crippen molar-refractivity contribution >= 4 is 56.7 Å². The van der Waals surface area contributed by atoms with Crippen LogP contribution in [0.1, 0.15) is 30.7 Å². The van der Waals surface area contributed by atoms with Gasteiger partial charge in [-0.15, -0.1) is 12.4 Å². The van der Waals surface area contributed by atoms with Gasteiger partial charge in [-0.05, 0) is 46.7 Å². The third-order valence-corrected chi connectivity index (χ3v) is 6.60. The number of anilines is 2. The smallest absolute Gasteiger partial charge is 0.228 e. The van der Waals surface area contributed by atoms with E-state index in [1.165, 1.54) is 5.56 Å². The van der Waals surface area contributed by atoms with E-state index >= 15 is 0 Å². The second kappa shape index (κ2) is 8.57. The van der Waals surface area contributed by atoms with Crippen LogP contribution in [-0.4, -0.2) is 35.0 Å². The average molecular weight is 491 g/mol. The highest BCUT2D eigenvalue weighted by Gasteiger charge is 2.44. The van der Waals surface area contributed by atoms with Crippen LogP contribution in [0, 0.1) is 5.92 Å². The minimum Gasteiger partial charge on any atom is -0.368 e. The number of carbonyl (C=O) groups is 1. The van der Waals surface area contributed by atoms with Crippen molar-refractivity contribution in [1.29, 1.82) is 0 Å². The lowest BCUT2D eigenvalue weighted by Gasteiger charge is -2.33. The number of aromatic amines is 1. The van der Waals surface area contributed by atoms with E-state index in [0.717, 1.165) is 59.2 Å². The molecule has 2 aliphatic rings. The van der Waals surface area contributed by atoms with Crippen molar-refractivity contribution in [3.8, 4) is 0 Å². The molecule has 3 unspecified atom stereocenters. The summed E-state index contributed by atoms with van der Waals surface area (Å²) >= 11 is 3.67. The molecule has 5 rings (SSSR count). The molecule has 158 valence electrons. The minimum absolute atomic E-state index is 0. The fourth-order valence-electron chi connectivity index (χ4n) is 4.46. The van der Waals surface area contributed by atoms with Crippen LogP contribution in [-0.2, 0) is 4.79 Å². The Morgan fingerprint density at radius 2 is 2.10 bits per heavy atom. The summed E-state index contributed by atoms with van der Waals surface area (Å²) in [7, 11) is 0. The number of pyridine rings is 1. The summed E-state index contributed by atoms with van der Waals surface area (Å²) in [6, 6.07) is 10.4. The quantitative estimate of drug-likeness (QED) is 0.505. The molecule has 1 saturated heterocycles. The molecule has 30 heavy (non-hydrogen) atoms. The number of nitrogens with zero attached hydrogens (tertiary/aromatic N) is 2. The summed E-state index contributed by atoms with van der Waals surface area (Å²) in [6.07, 6.45) is 6.65. The number of halogens is 2. The zero-order chi connectivity index (χ0) is 20.0. The monoisotopic (exact) mass is 489 g/mol. The lowest BCUT2D eigenvalue weighted by Crippen LogP contribution is -2.43. The highest BCUT2D eigenvalue weighted by atomic mass is 79.9. The summed E-state index contributed by atoms with van der Waals surface area (Å²) in [6.45, 7) is 1.75. The van der Waals surface area contributed by atoms with Gasteiger partial charge in [0.2, 0.25) is 5.91 Å². The van der Waals surface area contributed by atoms with Gasteiger partial charge in [-0.25, -0.2) is 4.98 Å². The molecule has 1 aromatic carbocycles. The standard InChI is InChI=1S/C22H24BrN5O.ClH/c23-17-10-25-21-19(20(17)28-8-4-7-14(24)12-28)18(11-26-21)27-22(29)16-9-15(16)13-5-2-1-3-6-13;/h1-3,5-6,10-11,14-16H,4,7-9,12,24H2,(H,25,26)(H,27,29);1H. The lowest BCUT2D eigenvalue weighted by atomic mass is 10.1. The molecule has 8 heteroatoms. The van der Waals surface area contributed by atoms with Crippen LogP contribution < -0.4 is 16.0 Å². The molecule has 1 saturated carbocycles. The molecular weight excluding hydrogens is 466 g/mol. The second-order valence-corrected chi connectivity index (χ2v) is 8.93. The number of hydrogen-bond donors (Lipinski definition) is 3. The van der Waals surface area contributed by atoms with Crippen molar-refractivity contribution in [3.05, 3.63) is 52.8 Å². The normalized spacial score (nSPS) is 23.1. The first-order chi connectivity index (χ1) is 14.1. The Labute approximate surface area is 190 Å². The van der Waals surface area contributed by atoms with Crippen molar-refractivity contribution < 1.29 is 4.79 Å². The number of nitrogens with one attached hydrogen (secondary N) is 2. The predicted molar refractivity (Wildman–Crippen MR) is 126 cm³/mol. The maximum absolute atomic E-state index is 12.9. The molecule has 6 nitrogen and oxygen atoms in total. The number of carbonyl (C=O) groups excluding carboxylic acids is 1. The van der Waals surface area contributed by atoms with Gasteiger partial charge >= 0.3 is 0 Å². The highest BCUT2D eigenvalue weighted by molar-refractivity contribution is 9.10. The van der Waals surface area contributed by atoms with Crippen LogP contribution in [0.3, 0.4) is 0 Å². The summed E-state index contributed by atoms with van der Waals surface area (Å²) in [5.41, 5.74) is 10.1. The van der Waals surface area contributed by atoms with Crippen LogP contribution in [0.15, 0.2) is 47.2 Å². The molecule has 0 spiro atoms. The van der Waals surface area contributed by atoms with Crippen LogP contribution >= 0.6 is 28.3 Å². The number of rotatable bonds is 4. The van der Waals surface area contributed by atoms with Gasteiger partial charge < -0.3 is 20.9 Å². The molecule has 0 radical (unpaired) electrons. The maximum Gasteiger partial charge on any atom is 0.228 e. The van der Waals surface area contributed by atoms with Gasteiger partial charge in [0, 0.05) is 37.4 Å². The third-order valence-electron chi connectivity index (χ3n) is 6.02. The van der Waals surface area contributed by atoms with E-state index < -0.39 is 0 Å². The lowest BCUT2D eigenvalue weighted by molar-refractivity contribution is -0.117. The first kappa shape index (κ1) is 21.2. The van der Waals surface area contributed by atoms with Gasteiger partial charge in [-0.1, -0.05) is 30.3 Å². The Morgan fingerprint density at radius 3 is 2.87 bits per heavy atom. The van der Waals surface area contributed by atoms with E-state index in [1.807, 2.05) is 30.6 Å². The van der Waals surface area contributed by atoms with Crippen LogP contribution in [0.5, 0.6) is 0 Å². The largest absolute Gasteiger partial charge is 0.368 e. The molecule has 1 aliphatic heterocycles. The third kappa shape index (κ3) is 3.94. The van der Waals surface area contributed by atoms with Crippen molar-refractivity contribution in [3.63, 3.8) is 0 Å². The van der Waals surface area contributed by atoms with E-state index in [2.05, 4.69) is 48.2 Å². The van der Waals surface area contributed by atoms with Crippen LogP contribution in [0.4, 0.5) is 11.4 Å². The fourth-order valence-corrected chi connectivity index (χ4v) is 5.01. The zero-order valence-corrected chi connectivity index (χ0v) is 18.9. The van der Waals surface area contributed by atoms with Crippen LogP contribution in [0.2, 0.25) is 0 Å². The molecule has 2 aromatic heterocycles. The Balaban J connectivity index is 0.00000218. The van der Waals surface area contributed by atoms with Crippen molar-refractivity contribution in [2.24, 2.45) is 11.7 Å². The average Bonchev–Trinajstić information content (AvgIpc) is 3.44. The number of hydrogen-bond acceptors (Lipinski definition) is 4. The number of aromatic nitrogens is 2. The van der Waals surface area contributed by atoms with Gasteiger partial charge in [-0.3, -0.25) is 4.79 Å². The number of piperidine rings is 1. The first-order valence-electron chi connectivity index (χ1n) is 10.1. The van der Waals surface area contributed by atoms with E-state index in [0.29, 0.717) is 5.92 Å². The molecule has 2 fully saturated rings. The van der Waals surface area contributed by atoms with Crippen LogP contribution in [0.25, 0.3) is 11.0 Å². The van der Waals surface area contributed by atoms with E-state index in [4.69, 9.17) is 5.73 Å². The summed E-state index contributed by atoms with van der Waals surface area (Å²) in [4.78, 5) is 22.9. The van der Waals surface area contributed by atoms with Gasteiger partial charge in [0.1, 0.15) is 5.65 Å². The molecule has 3 atom stereocenters. The zero-order valence-electron chi connectivity index (χ0n) is 16.5. The molecule has 0 bridgehead atoms. The molecular formula is C22H25BrClN5O. The van der Waals surface area contributed by atoms with E-state index in [-0.39, 0.29) is 30.3 Å². The second-order valence-electron chi connectivity index (χ2n) is 8.08. The van der Waals surface area contributed by atoms with Crippen molar-refractivity contribution in [2.75, 3.05) is 23.3 Å². The van der Waals surface area contributed by atoms with Gasteiger partial charge in [0.05, 0.1) is 21.2 Å². The predicted octanol–water partition coefficient (Wildman–Crippen LogP) is 4.42. The number of fused-ring (bicyclic) bond motifs is 1. The number of nitrogens with two attached hydrogens (primary N) is 1. The summed E-state index contributed by atoms with van der Waals surface area (Å²) in [5.74, 6) is 0.404. The van der Waals surface area contributed by atoms with Gasteiger partial charge in [0.25, 0.3) is 0 Å². The number of benzene rings is 1. The number of amides is 1. The summed E-state index contributed by atoms with van der Waals surface area (Å²) in [5, 5.41) is 4.10. The van der Waals surface area contributed by atoms with Gasteiger partial charge in [0.15, 0.2) is 0 Å². The molecule has 3 aromatic rings. The number of H-pyrrole nitrogens is 1. The van der Waals surface area contributed by atoms with E-state index in [1.54, 1.807) is 0 Å².